The smallest absolute Gasteiger partial charge is 0.320 e. The van der Waals surface area contributed by atoms with Crippen molar-refractivity contribution in [3.63, 3.8) is 0 Å². The van der Waals surface area contributed by atoms with Crippen molar-refractivity contribution in [2.75, 3.05) is 32.8 Å². The van der Waals surface area contributed by atoms with Gasteiger partial charge in [0.05, 0.1) is 6.10 Å². The minimum absolute atomic E-state index is 0.133. The number of piperidine rings is 1. The second-order valence-electron chi connectivity index (χ2n) is 8.77. The van der Waals surface area contributed by atoms with Crippen molar-refractivity contribution in [1.82, 2.24) is 9.80 Å². The van der Waals surface area contributed by atoms with Gasteiger partial charge in [0.2, 0.25) is 0 Å². The molecule has 0 bridgehead atoms. The van der Waals surface area contributed by atoms with Crippen LogP contribution in [-0.4, -0.2) is 60.5 Å². The first-order valence-electron chi connectivity index (χ1n) is 10.4. The highest BCUT2D eigenvalue weighted by molar-refractivity contribution is 5.81. The van der Waals surface area contributed by atoms with Crippen LogP contribution >= 0.6 is 0 Å². The molecule has 5 heteroatoms. The lowest BCUT2D eigenvalue weighted by molar-refractivity contribution is -0.140. The fraction of sp³-hybridized carbons (Fsp3) is 0.636. The van der Waals surface area contributed by atoms with E-state index in [9.17, 15) is 9.59 Å². The van der Waals surface area contributed by atoms with Gasteiger partial charge in [0.1, 0.15) is 6.61 Å². The minimum Gasteiger partial charge on any atom is -0.370 e. The Kier molecular flexibility index (Phi) is 4.43. The zero-order valence-electron chi connectivity index (χ0n) is 15.8. The van der Waals surface area contributed by atoms with Crippen molar-refractivity contribution < 1.29 is 14.3 Å². The first kappa shape index (κ1) is 17.2. The van der Waals surface area contributed by atoms with Gasteiger partial charge in [-0.05, 0) is 36.3 Å². The van der Waals surface area contributed by atoms with Gasteiger partial charge in [-0.25, -0.2) is 4.79 Å². The van der Waals surface area contributed by atoms with Crippen LogP contribution in [0.5, 0.6) is 0 Å². The van der Waals surface area contributed by atoms with Crippen LogP contribution in [0.4, 0.5) is 4.79 Å². The molecule has 5 rings (SSSR count). The third-order valence-electron chi connectivity index (χ3n) is 7.02. The Labute approximate surface area is 160 Å². The third kappa shape index (κ3) is 3.27. The van der Waals surface area contributed by atoms with Gasteiger partial charge in [-0.3, -0.25) is 4.79 Å². The number of ether oxygens (including phenoxy) is 1. The maximum absolute atomic E-state index is 12.8. The van der Waals surface area contributed by atoms with Crippen molar-refractivity contribution in [2.24, 2.45) is 5.92 Å². The fourth-order valence-corrected chi connectivity index (χ4v) is 4.98. The molecule has 3 heterocycles. The average Bonchev–Trinajstić information content (AvgIpc) is 2.59. The first-order chi connectivity index (χ1) is 13.2. The van der Waals surface area contributed by atoms with Crippen LogP contribution in [0.3, 0.4) is 0 Å². The zero-order valence-corrected chi connectivity index (χ0v) is 15.8. The third-order valence-corrected chi connectivity index (χ3v) is 7.02. The van der Waals surface area contributed by atoms with E-state index in [1.165, 1.54) is 30.4 Å². The molecule has 27 heavy (non-hydrogen) atoms. The Morgan fingerprint density at radius 2 is 1.63 bits per heavy atom. The monoisotopic (exact) mass is 368 g/mol. The van der Waals surface area contributed by atoms with Gasteiger partial charge in [-0.15, -0.1) is 0 Å². The Hall–Kier alpha value is -1.88. The van der Waals surface area contributed by atoms with Crippen LogP contribution in [0.1, 0.15) is 55.1 Å². The van der Waals surface area contributed by atoms with Gasteiger partial charge in [-0.2, -0.15) is 0 Å². The second-order valence-corrected chi connectivity index (χ2v) is 8.77. The van der Waals surface area contributed by atoms with Crippen molar-refractivity contribution in [1.29, 1.82) is 0 Å². The molecular formula is C22H28N2O3. The molecule has 3 saturated heterocycles. The van der Waals surface area contributed by atoms with Crippen LogP contribution in [0.2, 0.25) is 0 Å². The lowest BCUT2D eigenvalue weighted by Gasteiger charge is -2.46. The number of benzene rings is 1. The maximum Gasteiger partial charge on any atom is 0.320 e. The van der Waals surface area contributed by atoms with Gasteiger partial charge in [-0.1, -0.05) is 30.7 Å². The van der Waals surface area contributed by atoms with Crippen LogP contribution in [-0.2, 0) is 9.53 Å². The number of Topliss-reactive ketones (excluding diaryl/α,β-unsaturated/α-hetero) is 1. The SMILES string of the molecule is O=C1CO[C@H]2CCN(C(=O)N3CC(c4ccc(C5CCC5)cc4)C3)C[C@H]2C1. The van der Waals surface area contributed by atoms with E-state index in [4.69, 9.17) is 4.74 Å². The molecule has 1 aromatic rings. The number of likely N-dealkylation sites (tertiary alicyclic amines) is 2. The number of carbonyl (C=O) groups is 2. The van der Waals surface area contributed by atoms with E-state index in [0.29, 0.717) is 18.9 Å². The van der Waals surface area contributed by atoms with E-state index in [2.05, 4.69) is 24.3 Å². The van der Waals surface area contributed by atoms with E-state index < -0.39 is 0 Å². The van der Waals surface area contributed by atoms with Crippen LogP contribution in [0.25, 0.3) is 0 Å². The van der Waals surface area contributed by atoms with E-state index in [1.807, 2.05) is 9.80 Å². The summed E-state index contributed by atoms with van der Waals surface area (Å²) in [5.41, 5.74) is 2.83. The summed E-state index contributed by atoms with van der Waals surface area (Å²) in [5, 5.41) is 0. The Morgan fingerprint density at radius 1 is 0.926 bits per heavy atom. The molecule has 0 radical (unpaired) electrons. The summed E-state index contributed by atoms with van der Waals surface area (Å²) in [6.07, 6.45) is 5.60. The van der Waals surface area contributed by atoms with Gasteiger partial charge < -0.3 is 14.5 Å². The summed E-state index contributed by atoms with van der Waals surface area (Å²) in [4.78, 5) is 28.4. The summed E-state index contributed by atoms with van der Waals surface area (Å²) >= 11 is 0. The van der Waals surface area contributed by atoms with Gasteiger partial charge in [0, 0.05) is 44.4 Å². The molecule has 0 spiro atoms. The van der Waals surface area contributed by atoms with Crippen LogP contribution < -0.4 is 0 Å². The van der Waals surface area contributed by atoms with E-state index >= 15 is 0 Å². The van der Waals surface area contributed by atoms with E-state index in [1.54, 1.807) is 0 Å². The molecule has 0 aromatic heterocycles. The molecule has 4 aliphatic rings. The number of hydrogen-bond acceptors (Lipinski definition) is 3. The quantitative estimate of drug-likeness (QED) is 0.806. The van der Waals surface area contributed by atoms with Gasteiger partial charge >= 0.3 is 6.03 Å². The second kappa shape index (κ2) is 6.93. The fourth-order valence-electron chi connectivity index (χ4n) is 4.98. The number of rotatable bonds is 2. The first-order valence-corrected chi connectivity index (χ1v) is 10.4. The van der Waals surface area contributed by atoms with E-state index in [-0.39, 0.29) is 30.4 Å². The number of amides is 2. The lowest BCUT2D eigenvalue weighted by Crippen LogP contribution is -2.58. The van der Waals surface area contributed by atoms with Gasteiger partial charge in [0.25, 0.3) is 0 Å². The molecular weight excluding hydrogens is 340 g/mol. The highest BCUT2D eigenvalue weighted by Crippen LogP contribution is 2.37. The predicted molar refractivity (Wildman–Crippen MR) is 102 cm³/mol. The van der Waals surface area contributed by atoms with Crippen LogP contribution in [0, 0.1) is 5.92 Å². The Bertz CT molecular complexity index is 722. The standard InChI is InChI=1S/C22H28N2O3/c25-20-10-18-11-23(9-8-21(18)27-14-20)22(26)24-12-19(13-24)17-6-4-16(5-7-17)15-2-1-3-15/h4-7,15,18-19,21H,1-3,8-14H2/t18-,21+/m1/s1. The Balaban J connectivity index is 1.15. The highest BCUT2D eigenvalue weighted by Gasteiger charge is 2.40. The molecule has 144 valence electrons. The van der Waals surface area contributed by atoms with Crippen molar-refractivity contribution in [2.45, 2.75) is 50.0 Å². The molecule has 2 atom stereocenters. The number of hydrogen-bond donors (Lipinski definition) is 0. The summed E-state index contributed by atoms with van der Waals surface area (Å²) in [7, 11) is 0. The van der Waals surface area contributed by atoms with Crippen molar-refractivity contribution in [3.8, 4) is 0 Å². The normalized spacial score (nSPS) is 29.1. The van der Waals surface area contributed by atoms with Crippen LogP contribution in [0.15, 0.2) is 24.3 Å². The zero-order chi connectivity index (χ0) is 18.4. The molecule has 1 aromatic carbocycles. The minimum atomic E-state index is 0.133. The molecule has 3 aliphatic heterocycles. The molecule has 4 fully saturated rings. The number of fused-ring (bicyclic) bond motifs is 1. The predicted octanol–water partition coefficient (Wildman–Crippen LogP) is 3.15. The average molecular weight is 368 g/mol. The summed E-state index contributed by atoms with van der Waals surface area (Å²) in [5.74, 6) is 1.58. The largest absolute Gasteiger partial charge is 0.370 e. The maximum atomic E-state index is 12.8. The number of carbonyl (C=O) groups excluding carboxylic acids is 2. The topological polar surface area (TPSA) is 49.9 Å². The molecule has 5 nitrogen and oxygen atoms in total. The summed E-state index contributed by atoms with van der Waals surface area (Å²) in [6.45, 7) is 3.27. The van der Waals surface area contributed by atoms with E-state index in [0.717, 1.165) is 32.0 Å². The molecule has 0 N–H and O–H groups in total. The number of urea groups is 1. The van der Waals surface area contributed by atoms with Gasteiger partial charge in [0.15, 0.2) is 5.78 Å². The molecule has 2 amide bonds. The number of nitrogens with zero attached hydrogens (tertiary/aromatic N) is 2. The summed E-state index contributed by atoms with van der Waals surface area (Å²) in [6, 6.07) is 9.23. The molecule has 1 aliphatic carbocycles. The van der Waals surface area contributed by atoms with Crippen molar-refractivity contribution >= 4 is 11.8 Å². The number of ketones is 1. The highest BCUT2D eigenvalue weighted by atomic mass is 16.5. The summed E-state index contributed by atoms with van der Waals surface area (Å²) < 4.78 is 5.64. The van der Waals surface area contributed by atoms with Crippen molar-refractivity contribution in [3.05, 3.63) is 35.4 Å². The lowest BCUT2D eigenvalue weighted by atomic mass is 9.79. The molecule has 1 saturated carbocycles. The molecule has 0 unspecified atom stereocenters. The Morgan fingerprint density at radius 3 is 2.30 bits per heavy atom.